The van der Waals surface area contributed by atoms with Crippen LogP contribution in [-0.4, -0.2) is 14.5 Å². The second-order valence-corrected chi connectivity index (χ2v) is 6.47. The van der Waals surface area contributed by atoms with Crippen LogP contribution in [0.15, 0.2) is 23.1 Å². The maximum atomic E-state index is 13.3. The third-order valence-corrected chi connectivity index (χ3v) is 5.02. The summed E-state index contributed by atoms with van der Waals surface area (Å²) in [4.78, 5) is -0.179. The van der Waals surface area contributed by atoms with E-state index in [1.54, 1.807) is 0 Å². The highest BCUT2D eigenvalue weighted by molar-refractivity contribution is 7.89. The molecule has 2 rings (SSSR count). The number of hydrogen-bond donors (Lipinski definition) is 2. The molecule has 0 saturated heterocycles. The monoisotopic (exact) mass is 272 g/mol. The fraction of sp³-hybridized carbons (Fsp3) is 0.500. The maximum absolute atomic E-state index is 13.3. The van der Waals surface area contributed by atoms with E-state index in [2.05, 4.69) is 4.72 Å². The summed E-state index contributed by atoms with van der Waals surface area (Å²) in [6.45, 7) is 2.01. The quantitative estimate of drug-likeness (QED) is 0.825. The molecule has 100 valence electrons. The Kier molecular flexibility index (Phi) is 3.59. The number of nitrogens with one attached hydrogen (secondary N) is 1. The third-order valence-electron chi connectivity index (χ3n) is 3.47. The Morgan fingerprint density at radius 3 is 2.72 bits per heavy atom. The Hall–Kier alpha value is -1.14. The number of rotatable bonds is 3. The number of nitrogen functional groups attached to an aromatic ring is 1. The van der Waals surface area contributed by atoms with E-state index in [0.29, 0.717) is 5.92 Å². The zero-order valence-corrected chi connectivity index (χ0v) is 11.0. The number of para-hydroxylation sites is 1. The first-order valence-electron chi connectivity index (χ1n) is 5.98. The van der Waals surface area contributed by atoms with Crippen molar-refractivity contribution < 1.29 is 12.8 Å². The van der Waals surface area contributed by atoms with Gasteiger partial charge in [0, 0.05) is 6.04 Å². The molecular formula is C12H17FN2O2S. The first-order chi connectivity index (χ1) is 8.42. The van der Waals surface area contributed by atoms with Crippen LogP contribution in [0.25, 0.3) is 0 Å². The number of anilines is 1. The summed E-state index contributed by atoms with van der Waals surface area (Å²) >= 11 is 0. The van der Waals surface area contributed by atoms with Crippen LogP contribution < -0.4 is 10.5 Å². The Balaban J connectivity index is 2.28. The normalized spacial score (nSPS) is 24.3. The topological polar surface area (TPSA) is 72.2 Å². The summed E-state index contributed by atoms with van der Waals surface area (Å²) in [6.07, 6.45) is 2.83. The van der Waals surface area contributed by atoms with Gasteiger partial charge in [0.25, 0.3) is 0 Å². The summed E-state index contributed by atoms with van der Waals surface area (Å²) in [5.74, 6) is -0.410. The van der Waals surface area contributed by atoms with Gasteiger partial charge in [-0.15, -0.1) is 0 Å². The SMILES string of the molecule is CC1CCCC1NS(=O)(=O)c1cccc(F)c1N. The van der Waals surface area contributed by atoms with Crippen molar-refractivity contribution >= 4 is 15.7 Å². The van der Waals surface area contributed by atoms with E-state index in [-0.39, 0.29) is 16.6 Å². The van der Waals surface area contributed by atoms with Crippen molar-refractivity contribution in [1.82, 2.24) is 4.72 Å². The molecular weight excluding hydrogens is 255 g/mol. The molecule has 0 aromatic heterocycles. The van der Waals surface area contributed by atoms with Gasteiger partial charge in [-0.3, -0.25) is 0 Å². The summed E-state index contributed by atoms with van der Waals surface area (Å²) in [6, 6.07) is 3.73. The largest absolute Gasteiger partial charge is 0.395 e. The lowest BCUT2D eigenvalue weighted by molar-refractivity contribution is 0.476. The fourth-order valence-corrected chi connectivity index (χ4v) is 3.86. The van der Waals surface area contributed by atoms with E-state index in [4.69, 9.17) is 5.73 Å². The van der Waals surface area contributed by atoms with Crippen LogP contribution in [0.2, 0.25) is 0 Å². The first-order valence-corrected chi connectivity index (χ1v) is 7.46. The average Bonchev–Trinajstić information content (AvgIpc) is 2.67. The molecule has 0 spiro atoms. The molecule has 1 saturated carbocycles. The van der Waals surface area contributed by atoms with Gasteiger partial charge in [0.15, 0.2) is 0 Å². The number of benzene rings is 1. The Morgan fingerprint density at radius 2 is 2.11 bits per heavy atom. The molecule has 1 aliphatic carbocycles. The summed E-state index contributed by atoms with van der Waals surface area (Å²) in [7, 11) is -3.74. The van der Waals surface area contributed by atoms with Gasteiger partial charge < -0.3 is 5.73 Å². The smallest absolute Gasteiger partial charge is 0.242 e. The number of sulfonamides is 1. The van der Waals surface area contributed by atoms with Gasteiger partial charge in [0.2, 0.25) is 10.0 Å². The highest BCUT2D eigenvalue weighted by Gasteiger charge is 2.29. The summed E-state index contributed by atoms with van der Waals surface area (Å²) < 4.78 is 40.2. The van der Waals surface area contributed by atoms with Gasteiger partial charge in [-0.05, 0) is 30.9 Å². The molecule has 2 unspecified atom stereocenters. The van der Waals surface area contributed by atoms with Crippen LogP contribution in [-0.2, 0) is 10.0 Å². The van der Waals surface area contributed by atoms with Gasteiger partial charge in [0.05, 0.1) is 5.69 Å². The molecule has 0 heterocycles. The third kappa shape index (κ3) is 2.49. The lowest BCUT2D eigenvalue weighted by Crippen LogP contribution is -2.36. The van der Waals surface area contributed by atoms with Gasteiger partial charge in [0.1, 0.15) is 10.7 Å². The zero-order valence-electron chi connectivity index (χ0n) is 10.2. The minimum absolute atomic E-state index is 0.0855. The van der Waals surface area contributed by atoms with Crippen LogP contribution >= 0.6 is 0 Å². The van der Waals surface area contributed by atoms with Crippen LogP contribution in [0, 0.1) is 11.7 Å². The molecule has 1 aromatic carbocycles. The van der Waals surface area contributed by atoms with Crippen molar-refractivity contribution in [2.45, 2.75) is 37.1 Å². The Labute approximate surface area is 106 Å². The predicted octanol–water partition coefficient (Wildman–Crippen LogP) is 1.87. The molecule has 0 bridgehead atoms. The van der Waals surface area contributed by atoms with E-state index < -0.39 is 15.8 Å². The molecule has 4 nitrogen and oxygen atoms in total. The van der Waals surface area contributed by atoms with Gasteiger partial charge in [-0.2, -0.15) is 0 Å². The standard InChI is InChI=1S/C12H17FN2O2S/c1-8-4-2-6-10(8)15-18(16,17)11-7-3-5-9(13)12(11)14/h3,5,7-8,10,15H,2,4,6,14H2,1H3. The zero-order chi connectivity index (χ0) is 13.3. The predicted molar refractivity (Wildman–Crippen MR) is 67.9 cm³/mol. The van der Waals surface area contributed by atoms with E-state index >= 15 is 0 Å². The minimum atomic E-state index is -3.74. The highest BCUT2D eigenvalue weighted by atomic mass is 32.2. The molecule has 0 radical (unpaired) electrons. The van der Waals surface area contributed by atoms with E-state index in [1.807, 2.05) is 6.92 Å². The van der Waals surface area contributed by atoms with E-state index in [1.165, 1.54) is 12.1 Å². The van der Waals surface area contributed by atoms with Crippen molar-refractivity contribution in [3.8, 4) is 0 Å². The Morgan fingerprint density at radius 1 is 1.39 bits per heavy atom. The second-order valence-electron chi connectivity index (χ2n) is 4.79. The van der Waals surface area contributed by atoms with Crippen LogP contribution in [0.5, 0.6) is 0 Å². The molecule has 0 amide bonds. The minimum Gasteiger partial charge on any atom is -0.395 e. The molecule has 1 aliphatic rings. The summed E-state index contributed by atoms with van der Waals surface area (Å²) in [5.41, 5.74) is 5.16. The van der Waals surface area contributed by atoms with Crippen molar-refractivity contribution in [3.05, 3.63) is 24.0 Å². The molecule has 1 fully saturated rings. The van der Waals surface area contributed by atoms with Gasteiger partial charge in [-0.1, -0.05) is 19.4 Å². The molecule has 3 N–H and O–H groups in total. The first kappa shape index (κ1) is 13.3. The van der Waals surface area contributed by atoms with Crippen molar-refractivity contribution in [2.24, 2.45) is 5.92 Å². The number of nitrogens with two attached hydrogens (primary N) is 1. The second kappa shape index (κ2) is 4.85. The lowest BCUT2D eigenvalue weighted by atomic mass is 10.1. The lowest BCUT2D eigenvalue weighted by Gasteiger charge is -2.18. The van der Waals surface area contributed by atoms with Crippen LogP contribution in [0.3, 0.4) is 0 Å². The van der Waals surface area contributed by atoms with Crippen LogP contribution in [0.4, 0.5) is 10.1 Å². The maximum Gasteiger partial charge on any atom is 0.242 e. The van der Waals surface area contributed by atoms with E-state index in [9.17, 15) is 12.8 Å². The molecule has 0 aliphatic heterocycles. The number of hydrogen-bond acceptors (Lipinski definition) is 3. The van der Waals surface area contributed by atoms with E-state index in [0.717, 1.165) is 25.3 Å². The molecule has 6 heteroatoms. The highest BCUT2D eigenvalue weighted by Crippen LogP contribution is 2.28. The van der Waals surface area contributed by atoms with Crippen LogP contribution in [0.1, 0.15) is 26.2 Å². The van der Waals surface area contributed by atoms with Crippen molar-refractivity contribution in [2.75, 3.05) is 5.73 Å². The molecule has 1 aromatic rings. The Bertz CT molecular complexity index is 545. The number of halogens is 1. The average molecular weight is 272 g/mol. The molecule has 18 heavy (non-hydrogen) atoms. The fourth-order valence-electron chi connectivity index (χ4n) is 2.33. The van der Waals surface area contributed by atoms with Crippen molar-refractivity contribution in [1.29, 1.82) is 0 Å². The van der Waals surface area contributed by atoms with Gasteiger partial charge >= 0.3 is 0 Å². The molecule has 2 atom stereocenters. The van der Waals surface area contributed by atoms with Gasteiger partial charge in [-0.25, -0.2) is 17.5 Å². The van der Waals surface area contributed by atoms with Crippen molar-refractivity contribution in [3.63, 3.8) is 0 Å². The summed E-state index contributed by atoms with van der Waals surface area (Å²) in [5, 5.41) is 0.